The SMILES string of the molecule is CCOC(=O)/C=C/c1cc2c(C)nc(NC)nc2n(C2CCCC2)c1=O. The van der Waals surface area contributed by atoms with E-state index in [2.05, 4.69) is 15.3 Å². The maximum atomic E-state index is 13.1. The van der Waals surface area contributed by atoms with Gasteiger partial charge in [-0.1, -0.05) is 12.8 Å². The number of hydrogen-bond donors (Lipinski definition) is 1. The van der Waals surface area contributed by atoms with Crippen LogP contribution in [0.15, 0.2) is 16.9 Å². The van der Waals surface area contributed by atoms with Gasteiger partial charge < -0.3 is 10.1 Å². The molecule has 0 saturated heterocycles. The highest BCUT2D eigenvalue weighted by Crippen LogP contribution is 2.31. The third-order valence-electron chi connectivity index (χ3n) is 4.71. The molecule has 0 atom stereocenters. The number of fused-ring (bicyclic) bond motifs is 1. The second-order valence-electron chi connectivity index (χ2n) is 6.42. The summed E-state index contributed by atoms with van der Waals surface area (Å²) in [4.78, 5) is 33.7. The largest absolute Gasteiger partial charge is 0.463 e. The quantitative estimate of drug-likeness (QED) is 0.655. The molecule has 1 saturated carbocycles. The van der Waals surface area contributed by atoms with Gasteiger partial charge in [0.25, 0.3) is 5.56 Å². The maximum Gasteiger partial charge on any atom is 0.330 e. The Labute approximate surface area is 152 Å². The summed E-state index contributed by atoms with van der Waals surface area (Å²) in [7, 11) is 1.76. The van der Waals surface area contributed by atoms with Crippen molar-refractivity contribution in [3.05, 3.63) is 33.8 Å². The lowest BCUT2D eigenvalue weighted by Gasteiger charge is -2.18. The molecular formula is C19H24N4O3. The van der Waals surface area contributed by atoms with Gasteiger partial charge in [0.05, 0.1) is 12.3 Å². The van der Waals surface area contributed by atoms with E-state index in [1.807, 2.05) is 6.92 Å². The van der Waals surface area contributed by atoms with Crippen molar-refractivity contribution >= 4 is 29.0 Å². The van der Waals surface area contributed by atoms with Crippen LogP contribution < -0.4 is 10.9 Å². The fourth-order valence-electron chi connectivity index (χ4n) is 3.45. The molecule has 2 heterocycles. The van der Waals surface area contributed by atoms with Gasteiger partial charge in [0, 0.05) is 30.1 Å². The van der Waals surface area contributed by atoms with Gasteiger partial charge in [-0.15, -0.1) is 0 Å². The molecule has 2 aromatic rings. The summed E-state index contributed by atoms with van der Waals surface area (Å²) >= 11 is 0. The second-order valence-corrected chi connectivity index (χ2v) is 6.42. The van der Waals surface area contributed by atoms with Crippen molar-refractivity contribution in [3.8, 4) is 0 Å². The van der Waals surface area contributed by atoms with E-state index in [1.165, 1.54) is 12.2 Å². The number of nitrogens with zero attached hydrogens (tertiary/aromatic N) is 3. The Morgan fingerprint density at radius 3 is 2.77 bits per heavy atom. The van der Waals surface area contributed by atoms with E-state index in [1.54, 1.807) is 24.6 Å². The maximum absolute atomic E-state index is 13.1. The number of esters is 1. The van der Waals surface area contributed by atoms with Crippen molar-refractivity contribution in [2.24, 2.45) is 0 Å². The van der Waals surface area contributed by atoms with E-state index in [4.69, 9.17) is 4.74 Å². The summed E-state index contributed by atoms with van der Waals surface area (Å²) in [5.41, 5.74) is 1.75. The van der Waals surface area contributed by atoms with E-state index in [0.717, 1.165) is 36.8 Å². The Hall–Kier alpha value is -2.70. The van der Waals surface area contributed by atoms with Crippen LogP contribution in [-0.2, 0) is 9.53 Å². The van der Waals surface area contributed by atoms with Crippen LogP contribution in [-0.4, -0.2) is 34.2 Å². The number of hydrogen-bond acceptors (Lipinski definition) is 6. The first kappa shape index (κ1) is 18.1. The molecule has 0 radical (unpaired) electrons. The van der Waals surface area contributed by atoms with Crippen LogP contribution in [0.5, 0.6) is 0 Å². The molecule has 0 spiro atoms. The molecule has 0 aromatic carbocycles. The zero-order chi connectivity index (χ0) is 18.7. The molecule has 1 aliphatic carbocycles. The van der Waals surface area contributed by atoms with Crippen molar-refractivity contribution in [2.75, 3.05) is 19.0 Å². The monoisotopic (exact) mass is 356 g/mol. The Morgan fingerprint density at radius 2 is 2.12 bits per heavy atom. The van der Waals surface area contributed by atoms with E-state index in [0.29, 0.717) is 23.8 Å². The van der Waals surface area contributed by atoms with Crippen LogP contribution in [0.2, 0.25) is 0 Å². The van der Waals surface area contributed by atoms with E-state index >= 15 is 0 Å². The number of anilines is 1. The Bertz CT molecular complexity index is 911. The molecule has 0 amide bonds. The van der Waals surface area contributed by atoms with Crippen LogP contribution in [0.3, 0.4) is 0 Å². The third kappa shape index (κ3) is 3.47. The Morgan fingerprint density at radius 1 is 1.38 bits per heavy atom. The molecule has 0 aliphatic heterocycles. The predicted molar refractivity (Wildman–Crippen MR) is 101 cm³/mol. The van der Waals surface area contributed by atoms with Crippen LogP contribution in [0, 0.1) is 6.92 Å². The average molecular weight is 356 g/mol. The molecule has 0 unspecified atom stereocenters. The van der Waals surface area contributed by atoms with Gasteiger partial charge in [-0.2, -0.15) is 4.98 Å². The molecule has 7 heteroatoms. The molecule has 2 aromatic heterocycles. The summed E-state index contributed by atoms with van der Waals surface area (Å²) in [5, 5.41) is 3.77. The van der Waals surface area contributed by atoms with Gasteiger partial charge >= 0.3 is 5.97 Å². The summed E-state index contributed by atoms with van der Waals surface area (Å²) in [6, 6.07) is 1.88. The summed E-state index contributed by atoms with van der Waals surface area (Å²) in [6.07, 6.45) is 6.94. The Balaban J connectivity index is 2.21. The number of rotatable bonds is 5. The van der Waals surface area contributed by atoms with Crippen molar-refractivity contribution in [1.82, 2.24) is 14.5 Å². The van der Waals surface area contributed by atoms with Crippen LogP contribution in [0.4, 0.5) is 5.95 Å². The fourth-order valence-corrected chi connectivity index (χ4v) is 3.45. The lowest BCUT2D eigenvalue weighted by atomic mass is 10.1. The highest BCUT2D eigenvalue weighted by atomic mass is 16.5. The van der Waals surface area contributed by atoms with E-state index in [-0.39, 0.29) is 11.6 Å². The molecule has 138 valence electrons. The minimum Gasteiger partial charge on any atom is -0.463 e. The predicted octanol–water partition coefficient (Wildman–Crippen LogP) is 2.83. The van der Waals surface area contributed by atoms with E-state index in [9.17, 15) is 9.59 Å². The third-order valence-corrected chi connectivity index (χ3v) is 4.71. The first-order valence-corrected chi connectivity index (χ1v) is 9.01. The highest BCUT2D eigenvalue weighted by molar-refractivity contribution is 5.88. The highest BCUT2D eigenvalue weighted by Gasteiger charge is 2.23. The van der Waals surface area contributed by atoms with Gasteiger partial charge in [0.1, 0.15) is 5.65 Å². The Kier molecular flexibility index (Phi) is 5.35. The van der Waals surface area contributed by atoms with E-state index < -0.39 is 5.97 Å². The topological polar surface area (TPSA) is 86.1 Å². The molecule has 1 N–H and O–H groups in total. The number of nitrogens with one attached hydrogen (secondary N) is 1. The van der Waals surface area contributed by atoms with Gasteiger partial charge in [-0.25, -0.2) is 9.78 Å². The number of ether oxygens (including phenoxy) is 1. The number of aromatic nitrogens is 3. The molecule has 1 fully saturated rings. The average Bonchev–Trinajstić information content (AvgIpc) is 3.14. The van der Waals surface area contributed by atoms with Crippen LogP contribution in [0.1, 0.15) is 49.9 Å². The fraction of sp³-hybridized carbons (Fsp3) is 0.474. The van der Waals surface area contributed by atoms with Crippen molar-refractivity contribution < 1.29 is 9.53 Å². The minimum atomic E-state index is -0.460. The molecular weight excluding hydrogens is 332 g/mol. The second kappa shape index (κ2) is 7.68. The number of carbonyl (C=O) groups is 1. The molecule has 0 bridgehead atoms. The van der Waals surface area contributed by atoms with Gasteiger partial charge in [-0.3, -0.25) is 9.36 Å². The molecule has 1 aliphatic rings. The zero-order valence-electron chi connectivity index (χ0n) is 15.4. The number of aryl methyl sites for hydroxylation is 1. The first-order chi connectivity index (χ1) is 12.5. The smallest absolute Gasteiger partial charge is 0.330 e. The summed E-state index contributed by atoms with van der Waals surface area (Å²) in [6.45, 7) is 3.94. The molecule has 3 rings (SSSR count). The van der Waals surface area contributed by atoms with Crippen LogP contribution >= 0.6 is 0 Å². The lowest BCUT2D eigenvalue weighted by molar-refractivity contribution is -0.137. The van der Waals surface area contributed by atoms with Gasteiger partial charge in [-0.05, 0) is 38.8 Å². The van der Waals surface area contributed by atoms with Gasteiger partial charge in [0.15, 0.2) is 0 Å². The van der Waals surface area contributed by atoms with Crippen LogP contribution in [0.25, 0.3) is 17.1 Å². The minimum absolute atomic E-state index is 0.125. The lowest BCUT2D eigenvalue weighted by Crippen LogP contribution is -2.27. The summed E-state index contributed by atoms with van der Waals surface area (Å²) < 4.78 is 6.69. The van der Waals surface area contributed by atoms with Crippen molar-refractivity contribution in [1.29, 1.82) is 0 Å². The number of carbonyl (C=O) groups excluding carboxylic acids is 1. The molecule has 26 heavy (non-hydrogen) atoms. The first-order valence-electron chi connectivity index (χ1n) is 9.01. The zero-order valence-corrected chi connectivity index (χ0v) is 15.4. The van der Waals surface area contributed by atoms with Crippen molar-refractivity contribution in [2.45, 2.75) is 45.6 Å². The molecule has 7 nitrogen and oxygen atoms in total. The summed E-state index contributed by atoms with van der Waals surface area (Å²) in [5.74, 6) is 0.0360. The normalized spacial score (nSPS) is 15.0. The van der Waals surface area contributed by atoms with Gasteiger partial charge in [0.2, 0.25) is 5.95 Å². The van der Waals surface area contributed by atoms with Crippen molar-refractivity contribution in [3.63, 3.8) is 0 Å². The number of pyridine rings is 1. The standard InChI is InChI=1S/C19H24N4O3/c1-4-26-16(24)10-9-13-11-15-12(2)21-19(20-3)22-17(15)23(18(13)25)14-7-5-6-8-14/h9-11,14H,4-8H2,1-3H3,(H,20,21,22)/b10-9+.